The number of rotatable bonds is 6. The average Bonchev–Trinajstić information content (AvgIpc) is 3.08. The molecule has 4 rings (SSSR count). The molecule has 0 spiro atoms. The zero-order valence-corrected chi connectivity index (χ0v) is 17.8. The number of carbonyl (C=O) groups is 2. The highest BCUT2D eigenvalue weighted by Gasteiger charge is 2.24. The number of aromatic nitrogens is 2. The van der Waals surface area contributed by atoms with Gasteiger partial charge in [0.1, 0.15) is 0 Å². The fourth-order valence-electron chi connectivity index (χ4n) is 4.29. The molecule has 7 nitrogen and oxygen atoms in total. The van der Waals surface area contributed by atoms with Gasteiger partial charge in [0, 0.05) is 44.2 Å². The van der Waals surface area contributed by atoms with Crippen molar-refractivity contribution in [2.75, 3.05) is 13.1 Å². The van der Waals surface area contributed by atoms with Gasteiger partial charge >= 0.3 is 5.69 Å². The fraction of sp³-hybridized carbons (Fsp3) is 0.375. The first-order valence-corrected chi connectivity index (χ1v) is 10.9. The Morgan fingerprint density at radius 3 is 2.19 bits per heavy atom. The summed E-state index contributed by atoms with van der Waals surface area (Å²) in [4.78, 5) is 39.7. The number of hydrogen-bond donors (Lipinski definition) is 1. The molecule has 0 radical (unpaired) electrons. The lowest BCUT2D eigenvalue weighted by molar-refractivity contribution is -0.132. The maximum Gasteiger partial charge on any atom is 0.329 e. The van der Waals surface area contributed by atoms with Gasteiger partial charge in [0.15, 0.2) is 0 Å². The largest absolute Gasteiger partial charge is 0.349 e. The number of aryl methyl sites for hydroxylation is 2. The van der Waals surface area contributed by atoms with E-state index in [9.17, 15) is 14.4 Å². The minimum Gasteiger partial charge on any atom is -0.349 e. The summed E-state index contributed by atoms with van der Waals surface area (Å²) in [6.07, 6.45) is 1.76. The van der Waals surface area contributed by atoms with Crippen LogP contribution in [0.3, 0.4) is 0 Å². The molecule has 2 amide bonds. The molecular weight excluding hydrogens is 392 g/mol. The lowest BCUT2D eigenvalue weighted by Crippen LogP contribution is -2.46. The van der Waals surface area contributed by atoms with E-state index >= 15 is 0 Å². The summed E-state index contributed by atoms with van der Waals surface area (Å²) in [5.74, 6) is -0.0230. The number of likely N-dealkylation sites (tertiary alicyclic amines) is 1. The second-order valence-electron chi connectivity index (χ2n) is 7.91. The molecule has 1 aliphatic heterocycles. The number of hydrogen-bond acceptors (Lipinski definition) is 3. The molecule has 7 heteroatoms. The molecule has 1 aromatic heterocycles. The van der Waals surface area contributed by atoms with Crippen LogP contribution < -0.4 is 11.0 Å². The Kier molecular flexibility index (Phi) is 6.21. The van der Waals surface area contributed by atoms with E-state index in [1.54, 1.807) is 21.3 Å². The Morgan fingerprint density at radius 1 is 0.935 bits per heavy atom. The van der Waals surface area contributed by atoms with Gasteiger partial charge < -0.3 is 10.2 Å². The molecule has 1 aliphatic rings. The number of amides is 2. The molecule has 2 aromatic carbocycles. The van der Waals surface area contributed by atoms with Gasteiger partial charge in [-0.25, -0.2) is 4.79 Å². The SMILES string of the molecule is CCn1c(=O)n(CCC(=O)N2CCC(NC(=O)c3ccccc3)CC2)c2ccccc21. The minimum absolute atomic E-state index is 0.0491. The van der Waals surface area contributed by atoms with Crippen LogP contribution in [0.2, 0.25) is 0 Å². The Bertz CT molecular complexity index is 1120. The molecule has 31 heavy (non-hydrogen) atoms. The third-order valence-corrected chi connectivity index (χ3v) is 6.01. The second-order valence-corrected chi connectivity index (χ2v) is 7.91. The van der Waals surface area contributed by atoms with E-state index in [0.717, 1.165) is 23.9 Å². The first kappa shape index (κ1) is 20.9. The highest BCUT2D eigenvalue weighted by Crippen LogP contribution is 2.15. The molecular formula is C24H28N4O3. The Balaban J connectivity index is 1.32. The van der Waals surface area contributed by atoms with Crippen molar-refractivity contribution in [3.8, 4) is 0 Å². The van der Waals surface area contributed by atoms with E-state index in [-0.39, 0.29) is 23.5 Å². The first-order chi connectivity index (χ1) is 15.1. The Labute approximate surface area is 181 Å². The number of piperidine rings is 1. The molecule has 0 unspecified atom stereocenters. The van der Waals surface area contributed by atoms with Crippen LogP contribution in [-0.4, -0.2) is 45.0 Å². The molecule has 1 fully saturated rings. The highest BCUT2D eigenvalue weighted by atomic mass is 16.2. The number of para-hydroxylation sites is 2. The van der Waals surface area contributed by atoms with Crippen LogP contribution in [0.5, 0.6) is 0 Å². The van der Waals surface area contributed by atoms with Gasteiger partial charge in [-0.1, -0.05) is 30.3 Å². The van der Waals surface area contributed by atoms with Crippen LogP contribution in [0.4, 0.5) is 0 Å². The van der Waals surface area contributed by atoms with Crippen LogP contribution in [0.15, 0.2) is 59.4 Å². The Morgan fingerprint density at radius 2 is 1.55 bits per heavy atom. The van der Waals surface area contributed by atoms with E-state index in [4.69, 9.17) is 0 Å². The van der Waals surface area contributed by atoms with E-state index in [2.05, 4.69) is 5.32 Å². The standard InChI is InChI=1S/C24H28N4O3/c1-2-27-20-10-6-7-11-21(20)28(24(27)31)17-14-22(29)26-15-12-19(13-16-26)25-23(30)18-8-4-3-5-9-18/h3-11,19H,2,12-17H2,1H3,(H,25,30). The molecule has 0 saturated carbocycles. The zero-order chi connectivity index (χ0) is 21.8. The fourth-order valence-corrected chi connectivity index (χ4v) is 4.29. The third kappa shape index (κ3) is 4.40. The molecule has 1 saturated heterocycles. The average molecular weight is 421 g/mol. The summed E-state index contributed by atoms with van der Waals surface area (Å²) in [6, 6.07) is 16.9. The molecule has 0 atom stereocenters. The van der Waals surface area contributed by atoms with Crippen molar-refractivity contribution in [2.24, 2.45) is 0 Å². The van der Waals surface area contributed by atoms with Gasteiger partial charge in [0.25, 0.3) is 5.91 Å². The van der Waals surface area contributed by atoms with E-state index < -0.39 is 0 Å². The van der Waals surface area contributed by atoms with Crippen molar-refractivity contribution in [3.05, 3.63) is 70.6 Å². The van der Waals surface area contributed by atoms with Gasteiger partial charge in [-0.2, -0.15) is 0 Å². The van der Waals surface area contributed by atoms with E-state index in [1.807, 2.05) is 54.3 Å². The normalized spacial score (nSPS) is 14.7. The first-order valence-electron chi connectivity index (χ1n) is 10.9. The third-order valence-electron chi connectivity index (χ3n) is 6.01. The van der Waals surface area contributed by atoms with Crippen LogP contribution in [0.1, 0.15) is 36.5 Å². The van der Waals surface area contributed by atoms with Gasteiger partial charge in [0.05, 0.1) is 11.0 Å². The molecule has 2 heterocycles. The predicted octanol–water partition coefficient (Wildman–Crippen LogP) is 2.63. The van der Waals surface area contributed by atoms with Gasteiger partial charge in [-0.15, -0.1) is 0 Å². The number of carbonyl (C=O) groups excluding carboxylic acids is 2. The Hall–Kier alpha value is -3.35. The monoisotopic (exact) mass is 420 g/mol. The number of nitrogens with zero attached hydrogens (tertiary/aromatic N) is 3. The molecule has 1 N–H and O–H groups in total. The van der Waals surface area contributed by atoms with Crippen molar-refractivity contribution >= 4 is 22.8 Å². The molecule has 0 bridgehead atoms. The summed E-state index contributed by atoms with van der Waals surface area (Å²) in [5.41, 5.74) is 2.35. The van der Waals surface area contributed by atoms with E-state index in [0.29, 0.717) is 38.2 Å². The van der Waals surface area contributed by atoms with Crippen molar-refractivity contribution in [1.82, 2.24) is 19.4 Å². The minimum atomic E-state index is -0.0722. The topological polar surface area (TPSA) is 76.3 Å². The molecule has 3 aromatic rings. The summed E-state index contributed by atoms with van der Waals surface area (Å²) in [7, 11) is 0. The molecule has 162 valence electrons. The summed E-state index contributed by atoms with van der Waals surface area (Å²) in [5, 5.41) is 3.06. The van der Waals surface area contributed by atoms with Crippen LogP contribution in [0.25, 0.3) is 11.0 Å². The van der Waals surface area contributed by atoms with Crippen molar-refractivity contribution in [1.29, 1.82) is 0 Å². The lowest BCUT2D eigenvalue weighted by atomic mass is 10.0. The highest BCUT2D eigenvalue weighted by molar-refractivity contribution is 5.94. The number of nitrogens with one attached hydrogen (secondary N) is 1. The zero-order valence-electron chi connectivity index (χ0n) is 17.8. The van der Waals surface area contributed by atoms with Crippen LogP contribution >= 0.6 is 0 Å². The van der Waals surface area contributed by atoms with Crippen LogP contribution in [-0.2, 0) is 17.9 Å². The number of fused-ring (bicyclic) bond motifs is 1. The molecule has 0 aliphatic carbocycles. The smallest absolute Gasteiger partial charge is 0.329 e. The van der Waals surface area contributed by atoms with Crippen molar-refractivity contribution in [3.63, 3.8) is 0 Å². The van der Waals surface area contributed by atoms with Gasteiger partial charge in [-0.05, 0) is 44.0 Å². The maximum absolute atomic E-state index is 12.8. The summed E-state index contributed by atoms with van der Waals surface area (Å²) >= 11 is 0. The summed E-state index contributed by atoms with van der Waals surface area (Å²) < 4.78 is 3.43. The van der Waals surface area contributed by atoms with Gasteiger partial charge in [0.2, 0.25) is 5.91 Å². The maximum atomic E-state index is 12.8. The second kappa shape index (κ2) is 9.20. The van der Waals surface area contributed by atoms with E-state index in [1.165, 1.54) is 0 Å². The van der Waals surface area contributed by atoms with Crippen molar-refractivity contribution < 1.29 is 9.59 Å². The predicted molar refractivity (Wildman–Crippen MR) is 120 cm³/mol. The van der Waals surface area contributed by atoms with Crippen molar-refractivity contribution in [2.45, 2.75) is 45.3 Å². The lowest BCUT2D eigenvalue weighted by Gasteiger charge is -2.32. The van der Waals surface area contributed by atoms with Crippen LogP contribution in [0, 0.1) is 0 Å². The number of benzene rings is 2. The quantitative estimate of drug-likeness (QED) is 0.666. The number of imidazole rings is 1. The summed E-state index contributed by atoms with van der Waals surface area (Å²) in [6.45, 7) is 4.15. The van der Waals surface area contributed by atoms with Gasteiger partial charge in [-0.3, -0.25) is 18.7 Å².